The molecule has 1 N–H and O–H groups in total. The van der Waals surface area contributed by atoms with Crippen molar-refractivity contribution < 1.29 is 18.7 Å². The van der Waals surface area contributed by atoms with Crippen LogP contribution in [0.3, 0.4) is 0 Å². The van der Waals surface area contributed by atoms with Gasteiger partial charge in [0.2, 0.25) is 0 Å². The number of halogens is 2. The zero-order chi connectivity index (χ0) is 13.7. The van der Waals surface area contributed by atoms with Crippen molar-refractivity contribution in [1.29, 1.82) is 0 Å². The lowest BCUT2D eigenvalue weighted by molar-refractivity contribution is -0.141. The fraction of sp³-hybridized carbons (Fsp3) is 0.462. The maximum atomic E-state index is 13.3. The molecule has 0 spiro atoms. The Kier molecular flexibility index (Phi) is 5.22. The molecule has 0 aliphatic rings. The quantitative estimate of drug-likeness (QED) is 0.849. The van der Waals surface area contributed by atoms with Crippen LogP contribution >= 0.6 is 0 Å². The Labute approximate surface area is 105 Å². The Balaban J connectivity index is 2.47. The zero-order valence-electron chi connectivity index (χ0n) is 10.5. The predicted molar refractivity (Wildman–Crippen MR) is 64.4 cm³/mol. The first-order chi connectivity index (χ1) is 8.40. The van der Waals surface area contributed by atoms with Crippen LogP contribution in [0, 0.1) is 17.6 Å². The number of likely N-dealkylation sites (N-methyl/N-ethyl adjacent to an activating group) is 1. The monoisotopic (exact) mass is 257 g/mol. The second kappa shape index (κ2) is 6.44. The summed E-state index contributed by atoms with van der Waals surface area (Å²) in [5.74, 6) is -2.47. The lowest BCUT2D eigenvalue weighted by atomic mass is 10.1. The van der Waals surface area contributed by atoms with Crippen molar-refractivity contribution in [1.82, 2.24) is 4.90 Å². The Morgan fingerprint density at radius 1 is 1.44 bits per heavy atom. The number of hydrogen-bond acceptors (Lipinski definition) is 2. The first-order valence-electron chi connectivity index (χ1n) is 5.75. The van der Waals surface area contributed by atoms with Gasteiger partial charge in [-0.1, -0.05) is 13.0 Å². The summed E-state index contributed by atoms with van der Waals surface area (Å²) in [6.45, 7) is 2.55. The van der Waals surface area contributed by atoms with Gasteiger partial charge in [0.05, 0.1) is 5.92 Å². The molecule has 100 valence electrons. The average molecular weight is 257 g/mol. The number of rotatable bonds is 6. The number of carboxylic acid groups (broad SMARTS) is 1. The van der Waals surface area contributed by atoms with E-state index in [1.807, 2.05) is 4.90 Å². The molecule has 1 unspecified atom stereocenters. The normalized spacial score (nSPS) is 12.7. The van der Waals surface area contributed by atoms with Crippen LogP contribution < -0.4 is 0 Å². The highest BCUT2D eigenvalue weighted by atomic mass is 19.1. The molecule has 0 aliphatic heterocycles. The summed E-state index contributed by atoms with van der Waals surface area (Å²) in [6.07, 6.45) is 0.426. The van der Waals surface area contributed by atoms with Crippen LogP contribution in [0.2, 0.25) is 0 Å². The average Bonchev–Trinajstić information content (AvgIpc) is 2.27. The lowest BCUT2D eigenvalue weighted by Crippen LogP contribution is -2.30. The molecule has 0 bridgehead atoms. The molecule has 1 rings (SSSR count). The molecule has 18 heavy (non-hydrogen) atoms. The van der Waals surface area contributed by atoms with Crippen LogP contribution in [-0.4, -0.2) is 36.1 Å². The number of hydrogen-bond donors (Lipinski definition) is 1. The summed E-state index contributed by atoms with van der Waals surface area (Å²) in [6, 6.07) is 3.49. The molecule has 1 aromatic rings. The number of benzene rings is 1. The predicted octanol–water partition coefficient (Wildman–Crippen LogP) is 2.16. The SMILES string of the molecule is CC(CN(C)CCc1ccc(F)cc1F)C(=O)O. The second-order valence-corrected chi connectivity index (χ2v) is 4.49. The standard InChI is InChI=1S/C13H17F2NO2/c1-9(13(17)18)8-16(2)6-5-10-3-4-11(14)7-12(10)15/h3-4,7,9H,5-6,8H2,1-2H3,(H,17,18). The van der Waals surface area contributed by atoms with Gasteiger partial charge < -0.3 is 10.0 Å². The Hall–Kier alpha value is -1.49. The topological polar surface area (TPSA) is 40.5 Å². The molecule has 0 radical (unpaired) electrons. The Morgan fingerprint density at radius 3 is 2.67 bits per heavy atom. The van der Waals surface area contributed by atoms with Crippen molar-refractivity contribution >= 4 is 5.97 Å². The van der Waals surface area contributed by atoms with Gasteiger partial charge in [0.1, 0.15) is 11.6 Å². The van der Waals surface area contributed by atoms with Crippen molar-refractivity contribution in [3.05, 3.63) is 35.4 Å². The van der Waals surface area contributed by atoms with Crippen molar-refractivity contribution in [2.45, 2.75) is 13.3 Å². The minimum atomic E-state index is -0.852. The Morgan fingerprint density at radius 2 is 2.11 bits per heavy atom. The van der Waals surface area contributed by atoms with Crippen LogP contribution in [-0.2, 0) is 11.2 Å². The zero-order valence-corrected chi connectivity index (χ0v) is 10.5. The first kappa shape index (κ1) is 14.6. The molecular weight excluding hydrogens is 240 g/mol. The molecule has 0 saturated carbocycles. The molecule has 0 saturated heterocycles. The van der Waals surface area contributed by atoms with Gasteiger partial charge in [-0.25, -0.2) is 8.78 Å². The number of nitrogens with zero attached hydrogens (tertiary/aromatic N) is 1. The second-order valence-electron chi connectivity index (χ2n) is 4.49. The molecule has 3 nitrogen and oxygen atoms in total. The van der Waals surface area contributed by atoms with E-state index in [4.69, 9.17) is 5.11 Å². The van der Waals surface area contributed by atoms with Gasteiger partial charge in [-0.15, -0.1) is 0 Å². The fourth-order valence-corrected chi connectivity index (χ4v) is 1.67. The van der Waals surface area contributed by atoms with Gasteiger partial charge in [-0.2, -0.15) is 0 Å². The maximum Gasteiger partial charge on any atom is 0.307 e. The fourth-order valence-electron chi connectivity index (χ4n) is 1.67. The smallest absolute Gasteiger partial charge is 0.307 e. The van der Waals surface area contributed by atoms with Crippen LogP contribution in [0.4, 0.5) is 8.78 Å². The summed E-state index contributed by atoms with van der Waals surface area (Å²) < 4.78 is 26.0. The third kappa shape index (κ3) is 4.41. The van der Waals surface area contributed by atoms with Crippen LogP contribution in [0.25, 0.3) is 0 Å². The maximum absolute atomic E-state index is 13.3. The van der Waals surface area contributed by atoms with E-state index >= 15 is 0 Å². The molecule has 0 aromatic heterocycles. The number of carbonyl (C=O) groups is 1. The molecular formula is C13H17F2NO2. The van der Waals surface area contributed by atoms with Gasteiger partial charge in [-0.3, -0.25) is 4.79 Å². The summed E-state index contributed by atoms with van der Waals surface area (Å²) in [7, 11) is 1.78. The van der Waals surface area contributed by atoms with Crippen LogP contribution in [0.1, 0.15) is 12.5 Å². The van der Waals surface area contributed by atoms with E-state index in [1.54, 1.807) is 14.0 Å². The molecule has 0 aliphatic carbocycles. The molecule has 0 heterocycles. The van der Waals surface area contributed by atoms with Crippen molar-refractivity contribution in [3.8, 4) is 0 Å². The van der Waals surface area contributed by atoms with E-state index in [9.17, 15) is 13.6 Å². The minimum absolute atomic E-state index is 0.401. The molecule has 1 atom stereocenters. The number of carboxylic acids is 1. The van der Waals surface area contributed by atoms with E-state index in [0.717, 1.165) is 6.07 Å². The van der Waals surface area contributed by atoms with E-state index in [0.29, 0.717) is 25.1 Å². The van der Waals surface area contributed by atoms with E-state index in [1.165, 1.54) is 12.1 Å². The van der Waals surface area contributed by atoms with E-state index in [-0.39, 0.29) is 0 Å². The third-order valence-electron chi connectivity index (χ3n) is 2.79. The largest absolute Gasteiger partial charge is 0.481 e. The molecule has 1 aromatic carbocycles. The lowest BCUT2D eigenvalue weighted by Gasteiger charge is -2.19. The minimum Gasteiger partial charge on any atom is -0.481 e. The van der Waals surface area contributed by atoms with Crippen LogP contribution in [0.15, 0.2) is 18.2 Å². The van der Waals surface area contributed by atoms with Crippen molar-refractivity contribution in [2.24, 2.45) is 5.92 Å². The molecule has 5 heteroatoms. The van der Waals surface area contributed by atoms with Gasteiger partial charge in [0.15, 0.2) is 0 Å². The highest BCUT2D eigenvalue weighted by molar-refractivity contribution is 5.69. The first-order valence-corrected chi connectivity index (χ1v) is 5.75. The summed E-state index contributed by atoms with van der Waals surface area (Å²) in [4.78, 5) is 12.5. The summed E-state index contributed by atoms with van der Waals surface area (Å²) in [5, 5.41) is 8.76. The molecule has 0 amide bonds. The highest BCUT2D eigenvalue weighted by Crippen LogP contribution is 2.10. The van der Waals surface area contributed by atoms with Crippen LogP contribution in [0.5, 0.6) is 0 Å². The third-order valence-corrected chi connectivity index (χ3v) is 2.79. The van der Waals surface area contributed by atoms with E-state index < -0.39 is 23.5 Å². The van der Waals surface area contributed by atoms with Crippen molar-refractivity contribution in [3.63, 3.8) is 0 Å². The van der Waals surface area contributed by atoms with Gasteiger partial charge in [0.25, 0.3) is 0 Å². The van der Waals surface area contributed by atoms with E-state index in [2.05, 4.69) is 0 Å². The Bertz CT molecular complexity index is 423. The number of aliphatic carboxylic acids is 1. The van der Waals surface area contributed by atoms with Gasteiger partial charge in [0, 0.05) is 19.2 Å². The van der Waals surface area contributed by atoms with Crippen molar-refractivity contribution in [2.75, 3.05) is 20.1 Å². The molecule has 0 fully saturated rings. The highest BCUT2D eigenvalue weighted by Gasteiger charge is 2.13. The summed E-state index contributed by atoms with van der Waals surface area (Å²) in [5.41, 5.74) is 0.436. The summed E-state index contributed by atoms with van der Waals surface area (Å²) >= 11 is 0. The van der Waals surface area contributed by atoms with Gasteiger partial charge in [-0.05, 0) is 25.1 Å². The van der Waals surface area contributed by atoms with Gasteiger partial charge >= 0.3 is 5.97 Å².